The molecule has 0 spiro atoms. The average molecular weight is 686 g/mol. The third kappa shape index (κ3) is 10.00. The van der Waals surface area contributed by atoms with E-state index in [1.807, 2.05) is 60.7 Å². The first-order valence-corrected chi connectivity index (χ1v) is 16.9. The average Bonchev–Trinajstić information content (AvgIpc) is 3.59. The van der Waals surface area contributed by atoms with Crippen LogP contribution in [0.15, 0.2) is 71.3 Å². The van der Waals surface area contributed by atoms with Crippen LogP contribution in [-0.2, 0) is 43.4 Å². The number of rotatable bonds is 7. The lowest BCUT2D eigenvalue weighted by Crippen LogP contribution is -2.57. The van der Waals surface area contributed by atoms with Crippen LogP contribution >= 0.6 is 0 Å². The Bertz CT molecular complexity index is 1660. The van der Waals surface area contributed by atoms with Gasteiger partial charge in [0.15, 0.2) is 11.5 Å². The van der Waals surface area contributed by atoms with Crippen molar-refractivity contribution in [3.8, 4) is 0 Å². The topological polar surface area (TPSA) is 183 Å². The van der Waals surface area contributed by atoms with Crippen LogP contribution in [0.2, 0.25) is 0 Å². The van der Waals surface area contributed by atoms with Crippen LogP contribution in [-0.4, -0.2) is 94.7 Å². The summed E-state index contributed by atoms with van der Waals surface area (Å²) in [5, 5.41) is 14.8. The molecule has 0 unspecified atom stereocenters. The van der Waals surface area contributed by atoms with Crippen LogP contribution in [0.1, 0.15) is 60.0 Å². The van der Waals surface area contributed by atoms with Crippen LogP contribution in [0.4, 0.5) is 0 Å². The van der Waals surface area contributed by atoms with Gasteiger partial charge in [-0.15, -0.1) is 0 Å². The van der Waals surface area contributed by atoms with E-state index < -0.39 is 41.8 Å². The first kappa shape index (κ1) is 35.8. The molecule has 14 nitrogen and oxygen atoms in total. The highest BCUT2D eigenvalue weighted by Crippen LogP contribution is 2.14. The molecule has 4 N–H and O–H groups in total. The van der Waals surface area contributed by atoms with Gasteiger partial charge < -0.3 is 35.6 Å². The maximum absolute atomic E-state index is 13.8. The molecule has 3 aromatic rings. The van der Waals surface area contributed by atoms with E-state index in [-0.39, 0.29) is 68.7 Å². The molecular formula is C36H43N7O7. The van der Waals surface area contributed by atoms with Gasteiger partial charge >= 0.3 is 0 Å². The number of hydrogen-bond acceptors (Lipinski definition) is 8. The quantitative estimate of drug-likeness (QED) is 0.285. The molecule has 3 heterocycles. The first-order chi connectivity index (χ1) is 24.2. The monoisotopic (exact) mass is 685 g/mol. The molecule has 3 atom stereocenters. The van der Waals surface area contributed by atoms with Gasteiger partial charge in [0.25, 0.3) is 5.91 Å². The number of amides is 6. The van der Waals surface area contributed by atoms with Gasteiger partial charge in [0.2, 0.25) is 29.5 Å². The Morgan fingerprint density at radius 1 is 0.820 bits per heavy atom. The van der Waals surface area contributed by atoms with Gasteiger partial charge in [0.05, 0.1) is 6.54 Å². The molecule has 264 valence electrons. The third-order valence-corrected chi connectivity index (χ3v) is 8.76. The van der Waals surface area contributed by atoms with E-state index in [0.29, 0.717) is 13.0 Å². The molecule has 5 rings (SSSR count). The number of aromatic nitrogens is 1. The summed E-state index contributed by atoms with van der Waals surface area (Å²) in [6, 6.07) is 16.6. The molecule has 0 aliphatic carbocycles. The highest BCUT2D eigenvalue weighted by atomic mass is 16.5. The van der Waals surface area contributed by atoms with E-state index >= 15 is 0 Å². The molecule has 1 saturated heterocycles. The number of carbonyl (C=O) groups is 6. The van der Waals surface area contributed by atoms with Gasteiger partial charge in [-0.2, -0.15) is 0 Å². The molecule has 0 radical (unpaired) electrons. The number of hydrogen-bond donors (Lipinski definition) is 4. The second-order valence-corrected chi connectivity index (χ2v) is 12.6. The van der Waals surface area contributed by atoms with Crippen LogP contribution in [0.3, 0.4) is 0 Å². The van der Waals surface area contributed by atoms with E-state index in [4.69, 9.17) is 4.52 Å². The number of fused-ring (bicyclic) bond motifs is 2. The van der Waals surface area contributed by atoms with E-state index in [0.717, 1.165) is 24.0 Å². The number of carbonyl (C=O) groups excluding carboxylic acids is 6. The molecule has 2 aliphatic rings. The van der Waals surface area contributed by atoms with Crippen LogP contribution < -0.4 is 21.3 Å². The summed E-state index contributed by atoms with van der Waals surface area (Å²) in [4.78, 5) is 82.8. The minimum absolute atomic E-state index is 0.0160. The SMILES string of the molecule is C[C@@H]1NC(=O)c2cc(on2)CN(C(=O)CCN2CCCCC2=O)CCNC(=O)[C@@H](Cc2ccccc2)NC(=O)[C@H](Cc2ccccc2)NC1=O. The Kier molecular flexibility index (Phi) is 12.3. The van der Waals surface area contributed by atoms with Gasteiger partial charge in [0, 0.05) is 57.9 Å². The molecule has 6 amide bonds. The summed E-state index contributed by atoms with van der Waals surface area (Å²) in [6.07, 6.45) is 2.53. The predicted molar refractivity (Wildman–Crippen MR) is 181 cm³/mol. The lowest BCUT2D eigenvalue weighted by Gasteiger charge is -2.28. The second kappa shape index (κ2) is 17.2. The number of nitrogens with one attached hydrogen (secondary N) is 4. The van der Waals surface area contributed by atoms with Crippen molar-refractivity contribution in [2.24, 2.45) is 0 Å². The van der Waals surface area contributed by atoms with Gasteiger partial charge in [-0.25, -0.2) is 0 Å². The van der Waals surface area contributed by atoms with E-state index in [1.165, 1.54) is 17.9 Å². The number of piperidine rings is 1. The number of likely N-dealkylation sites (tertiary alicyclic amines) is 1. The fourth-order valence-electron chi connectivity index (χ4n) is 5.92. The summed E-state index contributed by atoms with van der Waals surface area (Å²) in [5.74, 6) is -2.39. The first-order valence-electron chi connectivity index (χ1n) is 16.9. The van der Waals surface area contributed by atoms with Gasteiger partial charge in [-0.3, -0.25) is 28.8 Å². The number of benzene rings is 2. The molecule has 2 aliphatic heterocycles. The summed E-state index contributed by atoms with van der Waals surface area (Å²) in [5.41, 5.74) is 1.49. The van der Waals surface area contributed by atoms with Crippen molar-refractivity contribution in [2.45, 2.75) is 70.1 Å². The van der Waals surface area contributed by atoms with Crippen molar-refractivity contribution in [1.82, 2.24) is 36.2 Å². The zero-order chi connectivity index (χ0) is 35.5. The van der Waals surface area contributed by atoms with Gasteiger partial charge in [-0.05, 0) is 30.9 Å². The van der Waals surface area contributed by atoms with Crippen LogP contribution in [0.5, 0.6) is 0 Å². The number of nitrogens with zero attached hydrogens (tertiary/aromatic N) is 3. The Morgan fingerprint density at radius 3 is 2.12 bits per heavy atom. The van der Waals surface area contributed by atoms with Crippen molar-refractivity contribution < 1.29 is 33.3 Å². The van der Waals surface area contributed by atoms with Crippen molar-refractivity contribution in [3.63, 3.8) is 0 Å². The van der Waals surface area contributed by atoms with Gasteiger partial charge in [-0.1, -0.05) is 65.8 Å². The van der Waals surface area contributed by atoms with Crippen molar-refractivity contribution >= 4 is 35.4 Å². The highest BCUT2D eigenvalue weighted by molar-refractivity contribution is 5.97. The minimum Gasteiger partial charge on any atom is -0.359 e. The molecule has 0 saturated carbocycles. The molecule has 50 heavy (non-hydrogen) atoms. The van der Waals surface area contributed by atoms with Crippen LogP contribution in [0, 0.1) is 0 Å². The standard InChI is InChI=1S/C36H43N7O7/c1-24-33(46)39-29(21-26-12-6-3-7-13-26)35(48)40-28(20-25-10-4-2-5-11-25)34(47)37-16-19-43(23-27-22-30(41-50-27)36(49)38-24)32(45)15-18-42-17-9-8-14-31(42)44/h2-7,10-13,22,24,28-29H,8-9,14-21,23H2,1H3,(H,37,47)(H,38,49)(H,39,46)(H,40,48)/t24-,28+,29-/m0/s1. The molecule has 2 bridgehead atoms. The third-order valence-electron chi connectivity index (χ3n) is 8.76. The fourth-order valence-corrected chi connectivity index (χ4v) is 5.92. The lowest BCUT2D eigenvalue weighted by molar-refractivity contribution is -0.136. The smallest absolute Gasteiger partial charge is 0.274 e. The van der Waals surface area contributed by atoms with Crippen molar-refractivity contribution in [2.75, 3.05) is 26.2 Å². The predicted octanol–water partition coefficient (Wildman–Crippen LogP) is 1.11. The van der Waals surface area contributed by atoms with E-state index in [9.17, 15) is 28.8 Å². The minimum atomic E-state index is -1.08. The summed E-state index contributed by atoms with van der Waals surface area (Å²) in [7, 11) is 0. The molecule has 14 heteroatoms. The maximum atomic E-state index is 13.8. The Labute approximate surface area is 290 Å². The van der Waals surface area contributed by atoms with E-state index in [2.05, 4.69) is 26.4 Å². The maximum Gasteiger partial charge on any atom is 0.274 e. The van der Waals surface area contributed by atoms with Crippen molar-refractivity contribution in [1.29, 1.82) is 0 Å². The Balaban J connectivity index is 1.39. The highest BCUT2D eigenvalue weighted by Gasteiger charge is 2.30. The normalized spacial score (nSPS) is 21.3. The lowest BCUT2D eigenvalue weighted by atomic mass is 10.0. The van der Waals surface area contributed by atoms with Gasteiger partial charge in [0.1, 0.15) is 18.1 Å². The molecule has 1 fully saturated rings. The second-order valence-electron chi connectivity index (χ2n) is 12.6. The fraction of sp³-hybridized carbons (Fsp3) is 0.417. The van der Waals surface area contributed by atoms with Crippen molar-refractivity contribution in [3.05, 3.63) is 89.3 Å². The summed E-state index contributed by atoms with van der Waals surface area (Å²) >= 11 is 0. The summed E-state index contributed by atoms with van der Waals surface area (Å²) in [6.45, 7) is 2.40. The molecular weight excluding hydrogens is 642 g/mol. The van der Waals surface area contributed by atoms with Crippen LogP contribution in [0.25, 0.3) is 0 Å². The zero-order valence-corrected chi connectivity index (χ0v) is 28.1. The Morgan fingerprint density at radius 2 is 1.46 bits per heavy atom. The molecule has 1 aromatic heterocycles. The zero-order valence-electron chi connectivity index (χ0n) is 28.1. The Hall–Kier alpha value is -5.53. The van der Waals surface area contributed by atoms with E-state index in [1.54, 1.807) is 4.90 Å². The summed E-state index contributed by atoms with van der Waals surface area (Å²) < 4.78 is 5.40. The molecule has 2 aromatic carbocycles. The largest absolute Gasteiger partial charge is 0.359 e.